The minimum atomic E-state index is 0.810. The molecule has 0 aromatic heterocycles. The van der Waals surface area contributed by atoms with E-state index >= 15 is 0 Å². The van der Waals surface area contributed by atoms with Gasteiger partial charge in [0.05, 0.1) is 7.11 Å². The van der Waals surface area contributed by atoms with Crippen LogP contribution >= 0.6 is 15.9 Å². The molecular weight excluding hydrogens is 216 g/mol. The smallest absolute Gasteiger partial charge is 0.122 e. The van der Waals surface area contributed by atoms with Crippen LogP contribution in [0.15, 0.2) is 35.3 Å². The van der Waals surface area contributed by atoms with E-state index in [1.165, 1.54) is 0 Å². The third-order valence-corrected chi connectivity index (χ3v) is 1.86. The summed E-state index contributed by atoms with van der Waals surface area (Å²) in [6.07, 6.45) is 0.810. The Bertz CT molecular complexity index is 281. The van der Waals surface area contributed by atoms with Crippen molar-refractivity contribution >= 4 is 15.9 Å². The third kappa shape index (κ3) is 2.38. The summed E-state index contributed by atoms with van der Waals surface area (Å²) in [7, 11) is 1.68. The second-order valence-electron chi connectivity index (χ2n) is 2.51. The Labute approximate surface area is 81.2 Å². The van der Waals surface area contributed by atoms with Gasteiger partial charge in [0.25, 0.3) is 0 Å². The molecule has 0 N–H and O–H groups in total. The lowest BCUT2D eigenvalue weighted by molar-refractivity contribution is 0.410. The summed E-state index contributed by atoms with van der Waals surface area (Å²) in [6, 6.07) is 7.93. The van der Waals surface area contributed by atoms with Gasteiger partial charge in [0, 0.05) is 6.42 Å². The number of benzene rings is 1. The molecule has 0 saturated carbocycles. The molecule has 0 saturated heterocycles. The molecule has 0 spiro atoms. The highest BCUT2D eigenvalue weighted by molar-refractivity contribution is 9.11. The van der Waals surface area contributed by atoms with E-state index in [4.69, 9.17) is 4.74 Å². The van der Waals surface area contributed by atoms with Crippen LogP contribution in [0.1, 0.15) is 5.56 Å². The van der Waals surface area contributed by atoms with Gasteiger partial charge < -0.3 is 4.74 Å². The van der Waals surface area contributed by atoms with Crippen molar-refractivity contribution in [2.75, 3.05) is 7.11 Å². The first-order valence-electron chi connectivity index (χ1n) is 3.69. The number of para-hydroxylation sites is 1. The maximum absolute atomic E-state index is 5.18. The molecule has 64 valence electrons. The lowest BCUT2D eigenvalue weighted by atomic mass is 10.1. The third-order valence-electron chi connectivity index (χ3n) is 1.57. The first-order valence-corrected chi connectivity index (χ1v) is 4.48. The number of rotatable bonds is 3. The zero-order valence-electron chi connectivity index (χ0n) is 7.01. The quantitative estimate of drug-likeness (QED) is 0.770. The van der Waals surface area contributed by atoms with E-state index in [9.17, 15) is 0 Å². The molecule has 0 aliphatic rings. The van der Waals surface area contributed by atoms with E-state index in [2.05, 4.69) is 22.5 Å². The van der Waals surface area contributed by atoms with Crippen molar-refractivity contribution in [1.29, 1.82) is 0 Å². The Morgan fingerprint density at radius 3 is 2.75 bits per heavy atom. The summed E-state index contributed by atoms with van der Waals surface area (Å²) in [5.74, 6) is 0.915. The molecule has 0 bridgehead atoms. The van der Waals surface area contributed by atoms with Gasteiger partial charge in [-0.1, -0.05) is 40.7 Å². The average molecular weight is 227 g/mol. The van der Waals surface area contributed by atoms with Crippen LogP contribution in [0.2, 0.25) is 0 Å². The molecule has 1 rings (SSSR count). The lowest BCUT2D eigenvalue weighted by Gasteiger charge is -2.06. The first-order chi connectivity index (χ1) is 5.74. The van der Waals surface area contributed by atoms with E-state index < -0.39 is 0 Å². The molecule has 0 amide bonds. The summed E-state index contributed by atoms with van der Waals surface area (Å²) in [5, 5.41) is 0. The van der Waals surface area contributed by atoms with Crippen LogP contribution in [0.5, 0.6) is 5.75 Å². The highest BCUT2D eigenvalue weighted by atomic mass is 79.9. The highest BCUT2D eigenvalue weighted by Gasteiger charge is 2.00. The van der Waals surface area contributed by atoms with Crippen LogP contribution in [0.3, 0.4) is 0 Å². The number of hydrogen-bond donors (Lipinski definition) is 0. The normalized spacial score (nSPS) is 9.50. The minimum Gasteiger partial charge on any atom is -0.496 e. The topological polar surface area (TPSA) is 9.23 Å². The molecule has 1 aromatic carbocycles. The largest absolute Gasteiger partial charge is 0.496 e. The van der Waals surface area contributed by atoms with Gasteiger partial charge in [-0.25, -0.2) is 0 Å². The van der Waals surface area contributed by atoms with Gasteiger partial charge in [0.1, 0.15) is 5.75 Å². The van der Waals surface area contributed by atoms with Crippen molar-refractivity contribution in [3.63, 3.8) is 0 Å². The molecule has 0 aliphatic carbocycles. The lowest BCUT2D eigenvalue weighted by Crippen LogP contribution is -1.90. The van der Waals surface area contributed by atoms with E-state index in [1.54, 1.807) is 7.11 Å². The fraction of sp³-hybridized carbons (Fsp3) is 0.200. The summed E-state index contributed by atoms with van der Waals surface area (Å²) in [6.45, 7) is 3.79. The van der Waals surface area contributed by atoms with E-state index in [0.29, 0.717) is 0 Å². The maximum atomic E-state index is 5.18. The Morgan fingerprint density at radius 1 is 1.50 bits per heavy atom. The summed E-state index contributed by atoms with van der Waals surface area (Å²) in [5.41, 5.74) is 1.15. The van der Waals surface area contributed by atoms with Gasteiger partial charge in [-0.05, 0) is 16.1 Å². The van der Waals surface area contributed by atoms with Gasteiger partial charge in [0.15, 0.2) is 0 Å². The van der Waals surface area contributed by atoms with Crippen molar-refractivity contribution < 1.29 is 4.74 Å². The minimum absolute atomic E-state index is 0.810. The molecule has 0 aliphatic heterocycles. The second-order valence-corrected chi connectivity index (χ2v) is 3.63. The van der Waals surface area contributed by atoms with Crippen LogP contribution in [0.4, 0.5) is 0 Å². The van der Waals surface area contributed by atoms with Crippen molar-refractivity contribution in [2.45, 2.75) is 6.42 Å². The molecule has 0 fully saturated rings. The van der Waals surface area contributed by atoms with Crippen molar-refractivity contribution in [3.8, 4) is 5.75 Å². The van der Waals surface area contributed by atoms with Gasteiger partial charge >= 0.3 is 0 Å². The summed E-state index contributed by atoms with van der Waals surface area (Å²) in [4.78, 5) is 0. The number of allylic oxidation sites excluding steroid dienone is 1. The van der Waals surface area contributed by atoms with Crippen LogP contribution < -0.4 is 4.74 Å². The van der Waals surface area contributed by atoms with E-state index in [0.717, 1.165) is 22.2 Å². The second kappa shape index (κ2) is 4.31. The van der Waals surface area contributed by atoms with Crippen molar-refractivity contribution in [3.05, 3.63) is 40.9 Å². The van der Waals surface area contributed by atoms with Gasteiger partial charge in [-0.15, -0.1) is 0 Å². The predicted octanol–water partition coefficient (Wildman–Crippen LogP) is 3.15. The van der Waals surface area contributed by atoms with Gasteiger partial charge in [-0.2, -0.15) is 0 Å². The fourth-order valence-corrected chi connectivity index (χ4v) is 1.36. The summed E-state index contributed by atoms with van der Waals surface area (Å²) < 4.78 is 6.15. The van der Waals surface area contributed by atoms with E-state index in [-0.39, 0.29) is 0 Å². The van der Waals surface area contributed by atoms with Gasteiger partial charge in [-0.3, -0.25) is 0 Å². The van der Waals surface area contributed by atoms with Crippen LogP contribution in [-0.2, 0) is 6.42 Å². The molecule has 2 heteroatoms. The fourth-order valence-electron chi connectivity index (χ4n) is 1.06. The van der Waals surface area contributed by atoms with Crippen molar-refractivity contribution in [2.24, 2.45) is 0 Å². The molecule has 0 atom stereocenters. The molecule has 0 radical (unpaired) electrons. The number of halogens is 1. The van der Waals surface area contributed by atoms with Crippen LogP contribution in [-0.4, -0.2) is 7.11 Å². The number of ether oxygens (including phenoxy) is 1. The SMILES string of the molecule is C=C(Br)Cc1ccccc1OC. The zero-order valence-corrected chi connectivity index (χ0v) is 8.60. The molecule has 12 heavy (non-hydrogen) atoms. The summed E-state index contributed by atoms with van der Waals surface area (Å²) >= 11 is 3.32. The Morgan fingerprint density at radius 2 is 2.17 bits per heavy atom. The number of hydrogen-bond acceptors (Lipinski definition) is 1. The first kappa shape index (κ1) is 9.33. The standard InChI is InChI=1S/C10H11BrO/c1-8(11)7-9-5-3-4-6-10(9)12-2/h3-6H,1,7H2,2H3. The van der Waals surface area contributed by atoms with Gasteiger partial charge in [0.2, 0.25) is 0 Å². The van der Waals surface area contributed by atoms with Crippen LogP contribution in [0.25, 0.3) is 0 Å². The zero-order chi connectivity index (χ0) is 8.97. The molecular formula is C10H11BrO. The average Bonchev–Trinajstić information content (AvgIpc) is 2.04. The highest BCUT2D eigenvalue weighted by Crippen LogP contribution is 2.21. The molecule has 1 nitrogen and oxygen atoms in total. The Balaban J connectivity index is 2.89. The van der Waals surface area contributed by atoms with Crippen LogP contribution in [0, 0.1) is 0 Å². The molecule has 0 unspecified atom stereocenters. The van der Waals surface area contributed by atoms with Crippen molar-refractivity contribution in [1.82, 2.24) is 0 Å². The number of methoxy groups -OCH3 is 1. The monoisotopic (exact) mass is 226 g/mol. The van der Waals surface area contributed by atoms with E-state index in [1.807, 2.05) is 24.3 Å². The Hall–Kier alpha value is -0.760. The predicted molar refractivity (Wildman–Crippen MR) is 54.8 cm³/mol. The molecule has 1 aromatic rings. The molecule has 0 heterocycles. The Kier molecular flexibility index (Phi) is 3.35. The maximum Gasteiger partial charge on any atom is 0.122 e.